The molecule has 7 heteroatoms. The minimum atomic E-state index is -0.948. The Kier molecular flexibility index (Phi) is 7.01. The molecule has 178 valence electrons. The first-order valence-electron chi connectivity index (χ1n) is 11.7. The first kappa shape index (κ1) is 23.5. The summed E-state index contributed by atoms with van der Waals surface area (Å²) in [6.45, 7) is 3.98. The van der Waals surface area contributed by atoms with Crippen LogP contribution in [-0.4, -0.2) is 41.8 Å². The van der Waals surface area contributed by atoms with E-state index in [9.17, 15) is 14.4 Å². The lowest BCUT2D eigenvalue weighted by Gasteiger charge is -2.22. The predicted molar refractivity (Wildman–Crippen MR) is 128 cm³/mol. The maximum absolute atomic E-state index is 12.6. The fourth-order valence-corrected chi connectivity index (χ4v) is 4.72. The molecule has 0 radical (unpaired) electrons. The van der Waals surface area contributed by atoms with Crippen LogP contribution >= 0.6 is 0 Å². The summed E-state index contributed by atoms with van der Waals surface area (Å²) in [5.41, 5.74) is 4.63. The van der Waals surface area contributed by atoms with Crippen molar-refractivity contribution in [2.24, 2.45) is 11.8 Å². The summed E-state index contributed by atoms with van der Waals surface area (Å²) in [5.74, 6) is -1.61. The Morgan fingerprint density at radius 3 is 2.21 bits per heavy atom. The van der Waals surface area contributed by atoms with Crippen LogP contribution in [0.5, 0.6) is 0 Å². The van der Waals surface area contributed by atoms with E-state index in [1.165, 1.54) is 11.1 Å². The van der Waals surface area contributed by atoms with Crippen molar-refractivity contribution in [2.75, 3.05) is 6.61 Å². The summed E-state index contributed by atoms with van der Waals surface area (Å²) in [5, 5.41) is 14.7. The van der Waals surface area contributed by atoms with Crippen LogP contribution in [0, 0.1) is 11.8 Å². The third-order valence-corrected chi connectivity index (χ3v) is 6.59. The van der Waals surface area contributed by atoms with Crippen molar-refractivity contribution in [3.05, 3.63) is 71.8 Å². The second kappa shape index (κ2) is 10.1. The molecule has 3 atom stereocenters. The zero-order valence-electron chi connectivity index (χ0n) is 19.4. The number of nitrogens with one attached hydrogen (secondary N) is 2. The largest absolute Gasteiger partial charge is 0.481 e. The van der Waals surface area contributed by atoms with Gasteiger partial charge in [0.2, 0.25) is 5.91 Å². The van der Waals surface area contributed by atoms with Crippen molar-refractivity contribution < 1.29 is 24.2 Å². The van der Waals surface area contributed by atoms with Crippen LogP contribution in [0.3, 0.4) is 0 Å². The number of carbonyl (C=O) groups is 3. The van der Waals surface area contributed by atoms with Crippen molar-refractivity contribution >= 4 is 18.0 Å². The van der Waals surface area contributed by atoms with Crippen LogP contribution in [-0.2, 0) is 14.3 Å². The van der Waals surface area contributed by atoms with Gasteiger partial charge in [-0.25, -0.2) is 4.79 Å². The van der Waals surface area contributed by atoms with E-state index < -0.39 is 24.0 Å². The summed E-state index contributed by atoms with van der Waals surface area (Å²) in [6, 6.07) is 15.6. The van der Waals surface area contributed by atoms with Gasteiger partial charge in [-0.3, -0.25) is 9.59 Å². The van der Waals surface area contributed by atoms with Crippen LogP contribution in [0.2, 0.25) is 0 Å². The van der Waals surface area contributed by atoms with Gasteiger partial charge in [0.25, 0.3) is 0 Å². The summed E-state index contributed by atoms with van der Waals surface area (Å²) in [4.78, 5) is 36.2. The zero-order valence-corrected chi connectivity index (χ0v) is 19.4. The van der Waals surface area contributed by atoms with Crippen LogP contribution in [0.1, 0.15) is 43.7 Å². The molecule has 0 bridgehead atoms. The smallest absolute Gasteiger partial charge is 0.407 e. The molecule has 7 nitrogen and oxygen atoms in total. The molecule has 3 N–H and O–H groups in total. The van der Waals surface area contributed by atoms with Gasteiger partial charge in [-0.2, -0.15) is 0 Å². The minimum Gasteiger partial charge on any atom is -0.481 e. The van der Waals surface area contributed by atoms with Crippen LogP contribution < -0.4 is 10.6 Å². The minimum absolute atomic E-state index is 0.000167. The van der Waals surface area contributed by atoms with Crippen molar-refractivity contribution in [1.82, 2.24) is 10.6 Å². The number of carbonyl (C=O) groups excluding carboxylic acids is 2. The molecule has 3 unspecified atom stereocenters. The standard InChI is InChI=1S/C27H30N2O5/c1-16(2)24(14-25(30)31)29-26(32)17-11-12-18(13-17)28-27(33)34-15-23-21-9-5-3-7-19(21)20-8-4-6-10-22(20)23/h3-12,16-18,23-24H,13-15H2,1-2H3,(H,28,33)(H,29,32)(H,30,31). The number of benzene rings is 2. The van der Waals surface area contributed by atoms with Crippen LogP contribution in [0.4, 0.5) is 4.79 Å². The first-order chi connectivity index (χ1) is 16.3. The molecular weight excluding hydrogens is 432 g/mol. The normalized spacial score (nSPS) is 19.4. The Balaban J connectivity index is 1.29. The Morgan fingerprint density at radius 1 is 1.00 bits per heavy atom. The van der Waals surface area contributed by atoms with Gasteiger partial charge in [-0.15, -0.1) is 0 Å². The fraction of sp³-hybridized carbons (Fsp3) is 0.370. The third-order valence-electron chi connectivity index (χ3n) is 6.59. The number of carboxylic acids is 1. The maximum Gasteiger partial charge on any atom is 0.407 e. The lowest BCUT2D eigenvalue weighted by Crippen LogP contribution is -2.43. The lowest BCUT2D eigenvalue weighted by atomic mass is 9.98. The average molecular weight is 463 g/mol. The zero-order chi connectivity index (χ0) is 24.2. The second-order valence-electron chi connectivity index (χ2n) is 9.26. The van der Waals surface area contributed by atoms with Gasteiger partial charge in [0.05, 0.1) is 18.4 Å². The maximum atomic E-state index is 12.6. The summed E-state index contributed by atoms with van der Waals surface area (Å²) in [7, 11) is 0. The molecule has 0 saturated carbocycles. The number of ether oxygens (including phenoxy) is 1. The SMILES string of the molecule is CC(C)C(CC(=O)O)NC(=O)C1C=CC(NC(=O)OCC2c3ccccc3-c3ccccc32)C1. The Hall–Kier alpha value is -3.61. The highest BCUT2D eigenvalue weighted by molar-refractivity contribution is 5.82. The van der Waals surface area contributed by atoms with E-state index in [-0.39, 0.29) is 36.8 Å². The van der Waals surface area contributed by atoms with Crippen LogP contribution in [0.25, 0.3) is 11.1 Å². The molecule has 0 spiro atoms. The van der Waals surface area contributed by atoms with Crippen molar-refractivity contribution in [1.29, 1.82) is 0 Å². The van der Waals surface area contributed by atoms with E-state index in [1.54, 1.807) is 12.2 Å². The van der Waals surface area contributed by atoms with Gasteiger partial charge in [0.1, 0.15) is 6.61 Å². The fourth-order valence-electron chi connectivity index (χ4n) is 4.72. The van der Waals surface area contributed by atoms with Gasteiger partial charge < -0.3 is 20.5 Å². The molecule has 34 heavy (non-hydrogen) atoms. The highest BCUT2D eigenvalue weighted by atomic mass is 16.5. The summed E-state index contributed by atoms with van der Waals surface area (Å²) >= 11 is 0. The van der Waals surface area contributed by atoms with Gasteiger partial charge in [-0.1, -0.05) is 74.5 Å². The molecule has 0 aromatic heterocycles. The molecule has 0 heterocycles. The Morgan fingerprint density at radius 2 is 1.62 bits per heavy atom. The number of hydrogen-bond acceptors (Lipinski definition) is 4. The molecule has 2 aromatic rings. The molecule has 0 fully saturated rings. The average Bonchev–Trinajstić information content (AvgIpc) is 3.39. The second-order valence-corrected chi connectivity index (χ2v) is 9.26. The van der Waals surface area contributed by atoms with E-state index in [4.69, 9.17) is 9.84 Å². The number of aliphatic carboxylic acids is 1. The number of fused-ring (bicyclic) bond motifs is 3. The van der Waals surface area contributed by atoms with Crippen molar-refractivity contribution in [3.8, 4) is 11.1 Å². The quantitative estimate of drug-likeness (QED) is 0.513. The van der Waals surface area contributed by atoms with E-state index in [2.05, 4.69) is 34.9 Å². The van der Waals surface area contributed by atoms with Gasteiger partial charge in [-0.05, 0) is 34.6 Å². The Bertz CT molecular complexity index is 1060. The topological polar surface area (TPSA) is 105 Å². The van der Waals surface area contributed by atoms with E-state index in [0.717, 1.165) is 11.1 Å². The number of alkyl carbamates (subject to hydrolysis) is 1. The van der Waals surface area contributed by atoms with Gasteiger partial charge in [0, 0.05) is 12.0 Å². The number of amides is 2. The number of carboxylic acid groups (broad SMARTS) is 1. The Labute approximate surface area is 199 Å². The summed E-state index contributed by atoms with van der Waals surface area (Å²) < 4.78 is 5.59. The molecule has 0 saturated heterocycles. The highest BCUT2D eigenvalue weighted by Crippen LogP contribution is 2.44. The molecule has 2 amide bonds. The van der Waals surface area contributed by atoms with Gasteiger partial charge in [0.15, 0.2) is 0 Å². The summed E-state index contributed by atoms with van der Waals surface area (Å²) in [6.07, 6.45) is 3.30. The van der Waals surface area contributed by atoms with E-state index in [1.807, 2.05) is 38.1 Å². The predicted octanol–water partition coefficient (Wildman–Crippen LogP) is 4.09. The lowest BCUT2D eigenvalue weighted by molar-refractivity contribution is -0.138. The number of rotatable bonds is 8. The highest BCUT2D eigenvalue weighted by Gasteiger charge is 2.31. The van der Waals surface area contributed by atoms with Crippen molar-refractivity contribution in [3.63, 3.8) is 0 Å². The third kappa shape index (κ3) is 5.14. The molecule has 0 aliphatic heterocycles. The van der Waals surface area contributed by atoms with Crippen molar-refractivity contribution in [2.45, 2.75) is 44.7 Å². The molecule has 2 aromatic carbocycles. The monoisotopic (exact) mass is 462 g/mol. The first-order valence-corrected chi connectivity index (χ1v) is 11.7. The molecule has 2 aliphatic rings. The van der Waals surface area contributed by atoms with E-state index in [0.29, 0.717) is 6.42 Å². The van der Waals surface area contributed by atoms with Gasteiger partial charge >= 0.3 is 12.1 Å². The molecule has 4 rings (SSSR count). The van der Waals surface area contributed by atoms with E-state index >= 15 is 0 Å². The number of hydrogen-bond donors (Lipinski definition) is 3. The van der Waals surface area contributed by atoms with Crippen LogP contribution in [0.15, 0.2) is 60.7 Å². The molecular formula is C27H30N2O5. The molecule has 2 aliphatic carbocycles.